The molecule has 0 unspecified atom stereocenters. The average Bonchev–Trinajstić information content (AvgIpc) is 3.14. The van der Waals surface area contributed by atoms with Crippen LogP contribution in [0.2, 0.25) is 0 Å². The first-order valence-electron chi connectivity index (χ1n) is 10.2. The highest BCUT2D eigenvalue weighted by Gasteiger charge is 2.34. The lowest BCUT2D eigenvalue weighted by Crippen LogP contribution is -2.43. The minimum Gasteiger partial charge on any atom is -0.379 e. The average molecular weight is 374 g/mol. The molecule has 2 aliphatic rings. The van der Waals surface area contributed by atoms with E-state index < -0.39 is 0 Å². The largest absolute Gasteiger partial charge is 0.379 e. The molecule has 148 valence electrons. The van der Waals surface area contributed by atoms with Gasteiger partial charge >= 0.3 is 0 Å². The van der Waals surface area contributed by atoms with Crippen molar-refractivity contribution in [1.82, 2.24) is 24.9 Å². The molecule has 2 atom stereocenters. The molecule has 1 N–H and O–H groups in total. The van der Waals surface area contributed by atoms with Gasteiger partial charge in [-0.1, -0.05) is 19.0 Å². The van der Waals surface area contributed by atoms with Crippen LogP contribution in [0.5, 0.6) is 0 Å². The van der Waals surface area contributed by atoms with Crippen LogP contribution in [-0.4, -0.2) is 63.8 Å². The fraction of sp³-hybridized carbons (Fsp3) is 0.700. The molecule has 0 amide bonds. The van der Waals surface area contributed by atoms with Gasteiger partial charge in [-0.3, -0.25) is 9.80 Å². The fourth-order valence-corrected chi connectivity index (χ4v) is 4.24. The van der Waals surface area contributed by atoms with E-state index in [-0.39, 0.29) is 0 Å². The first kappa shape index (κ1) is 18.7. The molecular weight excluding hydrogens is 342 g/mol. The molecule has 7 heteroatoms. The number of rotatable bonds is 6. The first-order valence-corrected chi connectivity index (χ1v) is 10.2. The molecule has 0 aliphatic carbocycles. The number of imidazole rings is 1. The summed E-state index contributed by atoms with van der Waals surface area (Å²) in [6.07, 6.45) is 1.86. The van der Waals surface area contributed by atoms with Crippen LogP contribution < -0.4 is 0 Å². The van der Waals surface area contributed by atoms with Gasteiger partial charge in [-0.15, -0.1) is 0 Å². The van der Waals surface area contributed by atoms with Gasteiger partial charge < -0.3 is 14.2 Å². The number of aryl methyl sites for hydroxylation is 3. The summed E-state index contributed by atoms with van der Waals surface area (Å²) in [6, 6.07) is 2.47. The van der Waals surface area contributed by atoms with Crippen LogP contribution in [0.1, 0.15) is 42.5 Å². The number of nitrogens with one attached hydrogen (secondary N) is 1. The Kier molecular flexibility index (Phi) is 5.61. The molecule has 0 radical (unpaired) electrons. The predicted octanol–water partition coefficient (Wildman–Crippen LogP) is 2.16. The van der Waals surface area contributed by atoms with Gasteiger partial charge in [0.05, 0.1) is 31.1 Å². The van der Waals surface area contributed by atoms with Crippen LogP contribution in [0.4, 0.5) is 0 Å². The SMILES string of the molecule is CCc1cc(CN2C[C@@H]3COC[C@H](C2)N(Cc2nc(CC)[nH]c2C)C3)on1. The van der Waals surface area contributed by atoms with Crippen molar-refractivity contribution in [3.8, 4) is 0 Å². The van der Waals surface area contributed by atoms with Crippen molar-refractivity contribution in [2.45, 2.75) is 52.7 Å². The van der Waals surface area contributed by atoms with Gasteiger partial charge in [-0.25, -0.2) is 4.98 Å². The standard InChI is InChI=1S/C20H31N5O2/c1-4-16-6-18(27-23-16)10-24-7-15-8-25(17(9-24)13-26-12-15)11-19-14(3)21-20(5-2)22-19/h6,15,17H,4-5,7-13H2,1-3H3,(H,21,22)/t15-,17-/m0/s1. The first-order chi connectivity index (χ1) is 13.1. The Bertz CT molecular complexity index is 755. The number of aromatic nitrogens is 3. The highest BCUT2D eigenvalue weighted by atomic mass is 16.5. The second-order valence-electron chi connectivity index (χ2n) is 7.93. The van der Waals surface area contributed by atoms with E-state index in [9.17, 15) is 0 Å². The van der Waals surface area contributed by atoms with E-state index in [1.54, 1.807) is 0 Å². The maximum absolute atomic E-state index is 5.97. The summed E-state index contributed by atoms with van der Waals surface area (Å²) in [7, 11) is 0. The molecule has 27 heavy (non-hydrogen) atoms. The quantitative estimate of drug-likeness (QED) is 0.837. The molecule has 2 fully saturated rings. The van der Waals surface area contributed by atoms with Crippen molar-refractivity contribution in [2.75, 3.05) is 32.8 Å². The van der Waals surface area contributed by atoms with E-state index in [1.807, 2.05) is 0 Å². The molecule has 2 bridgehead atoms. The van der Waals surface area contributed by atoms with Crippen LogP contribution in [0.3, 0.4) is 0 Å². The molecule has 0 saturated carbocycles. The van der Waals surface area contributed by atoms with Gasteiger partial charge in [0, 0.05) is 56.3 Å². The minimum absolute atomic E-state index is 0.382. The van der Waals surface area contributed by atoms with E-state index in [4.69, 9.17) is 14.2 Å². The molecule has 4 rings (SSSR count). The second-order valence-corrected chi connectivity index (χ2v) is 7.93. The van der Waals surface area contributed by atoms with Gasteiger partial charge in [0.2, 0.25) is 0 Å². The Labute approximate surface area is 161 Å². The van der Waals surface area contributed by atoms with Crippen molar-refractivity contribution in [1.29, 1.82) is 0 Å². The summed E-state index contributed by atoms with van der Waals surface area (Å²) in [4.78, 5) is 13.3. The number of hydrogen-bond acceptors (Lipinski definition) is 6. The molecule has 0 spiro atoms. The maximum Gasteiger partial charge on any atom is 0.150 e. The minimum atomic E-state index is 0.382. The van der Waals surface area contributed by atoms with Gasteiger partial charge in [0.1, 0.15) is 5.82 Å². The Morgan fingerprint density at radius 3 is 2.78 bits per heavy atom. The lowest BCUT2D eigenvalue weighted by atomic mass is 10.1. The Morgan fingerprint density at radius 2 is 2.04 bits per heavy atom. The van der Waals surface area contributed by atoms with Gasteiger partial charge in [-0.05, 0) is 13.3 Å². The molecule has 2 aromatic rings. The summed E-state index contributed by atoms with van der Waals surface area (Å²) >= 11 is 0. The Morgan fingerprint density at radius 1 is 1.15 bits per heavy atom. The normalized spacial score (nSPS) is 24.3. The molecular formula is C20H31N5O2. The van der Waals surface area contributed by atoms with Gasteiger partial charge in [0.25, 0.3) is 0 Å². The predicted molar refractivity (Wildman–Crippen MR) is 102 cm³/mol. The van der Waals surface area contributed by atoms with Crippen LogP contribution >= 0.6 is 0 Å². The molecule has 4 heterocycles. The number of nitrogens with zero attached hydrogens (tertiary/aromatic N) is 4. The summed E-state index contributed by atoms with van der Waals surface area (Å²) < 4.78 is 11.5. The molecule has 2 saturated heterocycles. The van der Waals surface area contributed by atoms with Gasteiger partial charge in [0.15, 0.2) is 5.76 Å². The van der Waals surface area contributed by atoms with Crippen LogP contribution in [0.25, 0.3) is 0 Å². The molecule has 2 aliphatic heterocycles. The van der Waals surface area contributed by atoms with Crippen molar-refractivity contribution >= 4 is 0 Å². The summed E-state index contributed by atoms with van der Waals surface area (Å²) in [5, 5.41) is 4.14. The highest BCUT2D eigenvalue weighted by Crippen LogP contribution is 2.23. The zero-order valence-electron chi connectivity index (χ0n) is 16.7. The third-order valence-electron chi connectivity index (χ3n) is 5.73. The number of hydrogen-bond donors (Lipinski definition) is 1. The summed E-state index contributed by atoms with van der Waals surface area (Å²) in [6.45, 7) is 12.8. The molecule has 0 aromatic carbocycles. The third-order valence-corrected chi connectivity index (χ3v) is 5.73. The van der Waals surface area contributed by atoms with Crippen LogP contribution in [0, 0.1) is 12.8 Å². The number of fused-ring (bicyclic) bond motifs is 3. The van der Waals surface area contributed by atoms with Crippen molar-refractivity contribution in [3.63, 3.8) is 0 Å². The van der Waals surface area contributed by atoms with Crippen molar-refractivity contribution < 1.29 is 9.26 Å². The monoisotopic (exact) mass is 373 g/mol. The topological polar surface area (TPSA) is 70.4 Å². The summed E-state index contributed by atoms with van der Waals surface area (Å²) in [5.41, 5.74) is 3.40. The number of aromatic amines is 1. The van der Waals surface area contributed by atoms with Crippen LogP contribution in [0.15, 0.2) is 10.6 Å². The number of ether oxygens (including phenoxy) is 1. The zero-order chi connectivity index (χ0) is 18.8. The van der Waals surface area contributed by atoms with E-state index >= 15 is 0 Å². The molecule has 2 aromatic heterocycles. The fourth-order valence-electron chi connectivity index (χ4n) is 4.24. The second kappa shape index (κ2) is 8.12. The van der Waals surface area contributed by atoms with Crippen molar-refractivity contribution in [2.24, 2.45) is 5.92 Å². The summed E-state index contributed by atoms with van der Waals surface area (Å²) in [5.74, 6) is 2.56. The van der Waals surface area contributed by atoms with Gasteiger partial charge in [-0.2, -0.15) is 0 Å². The Hall–Kier alpha value is -1.70. The lowest BCUT2D eigenvalue weighted by molar-refractivity contribution is 0.0444. The smallest absolute Gasteiger partial charge is 0.150 e. The van der Waals surface area contributed by atoms with E-state index in [2.05, 4.69) is 46.8 Å². The number of H-pyrrole nitrogens is 1. The Balaban J connectivity index is 1.46. The molecule has 7 nitrogen and oxygen atoms in total. The van der Waals surface area contributed by atoms with E-state index in [0.717, 1.165) is 76.1 Å². The highest BCUT2D eigenvalue weighted by molar-refractivity contribution is 5.13. The van der Waals surface area contributed by atoms with E-state index in [0.29, 0.717) is 12.0 Å². The third kappa shape index (κ3) is 4.25. The van der Waals surface area contributed by atoms with Crippen molar-refractivity contribution in [3.05, 3.63) is 34.7 Å². The lowest BCUT2D eigenvalue weighted by Gasteiger charge is -2.30. The van der Waals surface area contributed by atoms with Crippen LogP contribution in [-0.2, 0) is 30.7 Å². The maximum atomic E-state index is 5.97. The van der Waals surface area contributed by atoms with E-state index in [1.165, 1.54) is 11.4 Å². The zero-order valence-corrected chi connectivity index (χ0v) is 16.7.